The number of ether oxygens (including phenoxy) is 1. The molecule has 0 aromatic carbocycles. The molecule has 0 bridgehead atoms. The van der Waals surface area contributed by atoms with Crippen molar-refractivity contribution in [2.24, 2.45) is 0 Å². The summed E-state index contributed by atoms with van der Waals surface area (Å²) in [7, 11) is -2.07. The van der Waals surface area contributed by atoms with Gasteiger partial charge >= 0.3 is 0 Å². The standard InChI is InChI=1S/C11H18N2O4S/c1-3-13(6-7-17-2)18(15,16)11-5-4-10(9-14)8-12-11/h4-5,8,14H,3,6-7,9H2,1-2H3. The van der Waals surface area contributed by atoms with Crippen LogP contribution in [0.4, 0.5) is 0 Å². The smallest absolute Gasteiger partial charge is 0.260 e. The minimum atomic E-state index is -3.59. The third-order valence-electron chi connectivity index (χ3n) is 2.48. The topological polar surface area (TPSA) is 79.7 Å². The zero-order chi connectivity index (χ0) is 13.6. The number of likely N-dealkylation sites (N-methyl/N-ethyl adjacent to an activating group) is 1. The van der Waals surface area contributed by atoms with Crippen molar-refractivity contribution in [3.05, 3.63) is 23.9 Å². The van der Waals surface area contributed by atoms with E-state index in [1.165, 1.54) is 23.7 Å². The molecule has 6 nitrogen and oxygen atoms in total. The molecule has 0 unspecified atom stereocenters. The predicted molar refractivity (Wildman–Crippen MR) is 66.5 cm³/mol. The Morgan fingerprint density at radius 3 is 2.61 bits per heavy atom. The zero-order valence-electron chi connectivity index (χ0n) is 10.5. The fraction of sp³-hybridized carbons (Fsp3) is 0.545. The molecule has 18 heavy (non-hydrogen) atoms. The summed E-state index contributed by atoms with van der Waals surface area (Å²) in [5.41, 5.74) is 0.578. The molecule has 0 aliphatic heterocycles. The van der Waals surface area contributed by atoms with Crippen molar-refractivity contribution in [3.8, 4) is 0 Å². The van der Waals surface area contributed by atoms with Gasteiger partial charge in [-0.15, -0.1) is 0 Å². The van der Waals surface area contributed by atoms with Crippen molar-refractivity contribution in [2.45, 2.75) is 18.6 Å². The lowest BCUT2D eigenvalue weighted by Gasteiger charge is -2.19. The van der Waals surface area contributed by atoms with Crippen molar-refractivity contribution in [1.29, 1.82) is 0 Å². The number of methoxy groups -OCH3 is 1. The number of aliphatic hydroxyl groups excluding tert-OH is 1. The SMILES string of the molecule is CCN(CCOC)S(=O)(=O)c1ccc(CO)cn1. The van der Waals surface area contributed by atoms with Crippen LogP contribution < -0.4 is 0 Å². The van der Waals surface area contributed by atoms with Gasteiger partial charge < -0.3 is 9.84 Å². The molecule has 0 radical (unpaired) electrons. The van der Waals surface area contributed by atoms with Gasteiger partial charge in [0.05, 0.1) is 13.2 Å². The highest BCUT2D eigenvalue weighted by atomic mass is 32.2. The van der Waals surface area contributed by atoms with Crippen molar-refractivity contribution in [1.82, 2.24) is 9.29 Å². The zero-order valence-corrected chi connectivity index (χ0v) is 11.4. The molecule has 0 amide bonds. The monoisotopic (exact) mass is 274 g/mol. The lowest BCUT2D eigenvalue weighted by Crippen LogP contribution is -2.34. The van der Waals surface area contributed by atoms with Gasteiger partial charge in [0.15, 0.2) is 5.03 Å². The van der Waals surface area contributed by atoms with E-state index in [1.807, 2.05) is 0 Å². The fourth-order valence-corrected chi connectivity index (χ4v) is 2.78. The largest absolute Gasteiger partial charge is 0.392 e. The summed E-state index contributed by atoms with van der Waals surface area (Å²) in [5, 5.41) is 8.87. The highest BCUT2D eigenvalue weighted by Crippen LogP contribution is 2.13. The van der Waals surface area contributed by atoms with E-state index in [-0.39, 0.29) is 11.6 Å². The third kappa shape index (κ3) is 3.49. The Balaban J connectivity index is 2.95. The Morgan fingerprint density at radius 1 is 1.44 bits per heavy atom. The van der Waals surface area contributed by atoms with Gasteiger partial charge in [-0.3, -0.25) is 0 Å². The molecule has 0 atom stereocenters. The van der Waals surface area contributed by atoms with Crippen molar-refractivity contribution in [3.63, 3.8) is 0 Å². The number of aliphatic hydroxyl groups is 1. The molecular formula is C11H18N2O4S. The van der Waals surface area contributed by atoms with Crippen LogP contribution in [-0.4, -0.2) is 49.6 Å². The first kappa shape index (κ1) is 15.0. The van der Waals surface area contributed by atoms with Crippen molar-refractivity contribution < 1.29 is 18.3 Å². The van der Waals surface area contributed by atoms with Crippen molar-refractivity contribution in [2.75, 3.05) is 26.8 Å². The van der Waals surface area contributed by atoms with Gasteiger partial charge in [-0.2, -0.15) is 4.31 Å². The summed E-state index contributed by atoms with van der Waals surface area (Å²) in [5.74, 6) is 0. The van der Waals surface area contributed by atoms with E-state index < -0.39 is 10.0 Å². The maximum absolute atomic E-state index is 12.2. The van der Waals surface area contributed by atoms with E-state index in [4.69, 9.17) is 9.84 Å². The highest BCUT2D eigenvalue weighted by molar-refractivity contribution is 7.89. The van der Waals surface area contributed by atoms with Crippen LogP contribution in [0, 0.1) is 0 Å². The van der Waals surface area contributed by atoms with Gasteiger partial charge in [0.2, 0.25) is 0 Å². The molecule has 0 spiro atoms. The summed E-state index contributed by atoms with van der Waals surface area (Å²) in [6.45, 7) is 2.58. The van der Waals surface area contributed by atoms with E-state index in [1.54, 1.807) is 13.0 Å². The second-order valence-corrected chi connectivity index (χ2v) is 5.54. The van der Waals surface area contributed by atoms with Crippen LogP contribution in [0.25, 0.3) is 0 Å². The molecule has 0 saturated carbocycles. The molecule has 0 aliphatic rings. The minimum absolute atomic E-state index is 0.0161. The van der Waals surface area contributed by atoms with Crippen LogP contribution in [-0.2, 0) is 21.4 Å². The Labute approximate surface area is 107 Å². The third-order valence-corrected chi connectivity index (χ3v) is 4.37. The molecule has 1 heterocycles. The molecule has 1 aromatic heterocycles. The van der Waals surface area contributed by atoms with Crippen molar-refractivity contribution >= 4 is 10.0 Å². The first-order valence-electron chi connectivity index (χ1n) is 5.61. The summed E-state index contributed by atoms with van der Waals surface area (Å²) in [6, 6.07) is 2.94. The van der Waals surface area contributed by atoms with Gasteiger partial charge in [0.1, 0.15) is 0 Å². The second kappa shape index (κ2) is 6.79. The van der Waals surface area contributed by atoms with Crippen LogP contribution in [0.2, 0.25) is 0 Å². The van der Waals surface area contributed by atoms with Crippen LogP contribution in [0.15, 0.2) is 23.4 Å². The number of pyridine rings is 1. The number of hydrogen-bond acceptors (Lipinski definition) is 5. The lowest BCUT2D eigenvalue weighted by molar-refractivity contribution is 0.180. The molecule has 0 saturated heterocycles. The number of sulfonamides is 1. The normalized spacial score (nSPS) is 12.0. The predicted octanol–water partition coefficient (Wildman–Crippen LogP) is 0.231. The first-order chi connectivity index (χ1) is 8.56. The molecule has 0 aliphatic carbocycles. The van der Waals surface area contributed by atoms with Gasteiger partial charge in [-0.25, -0.2) is 13.4 Å². The van der Waals surface area contributed by atoms with Gasteiger partial charge in [-0.1, -0.05) is 13.0 Å². The number of nitrogens with zero attached hydrogens (tertiary/aromatic N) is 2. The highest BCUT2D eigenvalue weighted by Gasteiger charge is 2.23. The molecule has 0 fully saturated rings. The molecule has 1 aromatic rings. The molecular weight excluding hydrogens is 256 g/mol. The average Bonchev–Trinajstić information content (AvgIpc) is 2.39. The summed E-state index contributed by atoms with van der Waals surface area (Å²) < 4.78 is 30.6. The number of aromatic nitrogens is 1. The Morgan fingerprint density at radius 2 is 2.17 bits per heavy atom. The van der Waals surface area contributed by atoms with E-state index in [0.29, 0.717) is 25.3 Å². The molecule has 1 N–H and O–H groups in total. The molecule has 1 rings (SSSR count). The summed E-state index contributed by atoms with van der Waals surface area (Å²) in [6.07, 6.45) is 1.36. The Bertz CT molecular complexity index is 458. The molecule has 102 valence electrons. The molecule has 7 heteroatoms. The Hall–Kier alpha value is -1.02. The second-order valence-electron chi connectivity index (χ2n) is 3.65. The maximum Gasteiger partial charge on any atom is 0.260 e. The average molecular weight is 274 g/mol. The first-order valence-corrected chi connectivity index (χ1v) is 7.05. The van der Waals surface area contributed by atoms with Crippen LogP contribution in [0.1, 0.15) is 12.5 Å². The van der Waals surface area contributed by atoms with Gasteiger partial charge in [-0.05, 0) is 11.6 Å². The van der Waals surface area contributed by atoms with Crippen LogP contribution in [0.3, 0.4) is 0 Å². The van der Waals surface area contributed by atoms with E-state index in [9.17, 15) is 8.42 Å². The number of rotatable bonds is 7. The lowest BCUT2D eigenvalue weighted by atomic mass is 10.3. The summed E-state index contributed by atoms with van der Waals surface area (Å²) in [4.78, 5) is 3.87. The quantitative estimate of drug-likeness (QED) is 0.770. The summed E-state index contributed by atoms with van der Waals surface area (Å²) >= 11 is 0. The van der Waals surface area contributed by atoms with E-state index >= 15 is 0 Å². The van der Waals surface area contributed by atoms with E-state index in [2.05, 4.69) is 4.98 Å². The number of hydrogen-bond donors (Lipinski definition) is 1. The fourth-order valence-electron chi connectivity index (χ4n) is 1.43. The van der Waals surface area contributed by atoms with Crippen LogP contribution in [0.5, 0.6) is 0 Å². The Kier molecular flexibility index (Phi) is 5.67. The van der Waals surface area contributed by atoms with Gasteiger partial charge in [0.25, 0.3) is 10.0 Å². The van der Waals surface area contributed by atoms with E-state index in [0.717, 1.165) is 0 Å². The maximum atomic E-state index is 12.2. The van der Waals surface area contributed by atoms with Gasteiger partial charge in [0, 0.05) is 26.4 Å². The van der Waals surface area contributed by atoms with Crippen LogP contribution >= 0.6 is 0 Å². The minimum Gasteiger partial charge on any atom is -0.392 e.